The second-order valence-corrected chi connectivity index (χ2v) is 6.35. The van der Waals surface area contributed by atoms with Crippen LogP contribution in [0.4, 0.5) is 23.7 Å². The van der Waals surface area contributed by atoms with Gasteiger partial charge in [-0.2, -0.15) is 13.2 Å². The van der Waals surface area contributed by atoms with Gasteiger partial charge in [0.05, 0.1) is 11.2 Å². The van der Waals surface area contributed by atoms with Crippen LogP contribution in [-0.2, 0) is 6.54 Å². The van der Waals surface area contributed by atoms with E-state index >= 15 is 0 Å². The first-order valence-electron chi connectivity index (χ1n) is 8.27. The van der Waals surface area contributed by atoms with Gasteiger partial charge in [-0.3, -0.25) is 0 Å². The van der Waals surface area contributed by atoms with E-state index in [4.69, 9.17) is 0 Å². The van der Waals surface area contributed by atoms with Crippen molar-refractivity contribution in [3.05, 3.63) is 30.0 Å². The summed E-state index contributed by atoms with van der Waals surface area (Å²) in [6, 6.07) is 6.42. The molecule has 0 saturated carbocycles. The number of carbonyl (C=O) groups is 1. The molecule has 1 fully saturated rings. The van der Waals surface area contributed by atoms with E-state index < -0.39 is 12.7 Å². The van der Waals surface area contributed by atoms with Crippen LogP contribution in [0, 0.1) is 6.92 Å². The Kier molecular flexibility index (Phi) is 4.89. The van der Waals surface area contributed by atoms with Gasteiger partial charge >= 0.3 is 12.2 Å². The van der Waals surface area contributed by atoms with Gasteiger partial charge in [-0.25, -0.2) is 4.79 Å². The Hall–Kier alpha value is -2.22. The van der Waals surface area contributed by atoms with Crippen LogP contribution in [0.1, 0.15) is 18.5 Å². The van der Waals surface area contributed by atoms with Crippen LogP contribution in [-0.4, -0.2) is 35.9 Å². The summed E-state index contributed by atoms with van der Waals surface area (Å²) < 4.78 is 39.6. The molecule has 3 N–H and O–H groups in total. The molecule has 136 valence electrons. The van der Waals surface area contributed by atoms with E-state index in [1.165, 1.54) is 4.57 Å². The molecule has 5 nitrogen and oxygen atoms in total. The molecule has 25 heavy (non-hydrogen) atoms. The number of urea groups is 1. The first-order chi connectivity index (χ1) is 11.8. The minimum Gasteiger partial charge on any atom is -0.336 e. The van der Waals surface area contributed by atoms with Crippen molar-refractivity contribution < 1.29 is 18.0 Å². The minimum atomic E-state index is -4.30. The zero-order valence-corrected chi connectivity index (χ0v) is 13.9. The molecular weight excluding hydrogens is 333 g/mol. The van der Waals surface area contributed by atoms with Crippen molar-refractivity contribution in [1.29, 1.82) is 0 Å². The summed E-state index contributed by atoms with van der Waals surface area (Å²) >= 11 is 0. The number of piperidine rings is 1. The number of nitrogens with zero attached hydrogens (tertiary/aromatic N) is 1. The lowest BCUT2D eigenvalue weighted by Crippen LogP contribution is -2.44. The second kappa shape index (κ2) is 6.95. The maximum atomic E-state index is 12.8. The summed E-state index contributed by atoms with van der Waals surface area (Å²) in [7, 11) is 0. The average molecular weight is 354 g/mol. The molecule has 1 aliphatic rings. The lowest BCUT2D eigenvalue weighted by Gasteiger charge is -2.23. The Morgan fingerprint density at radius 3 is 2.72 bits per heavy atom. The van der Waals surface area contributed by atoms with E-state index in [-0.39, 0.29) is 12.1 Å². The van der Waals surface area contributed by atoms with Gasteiger partial charge in [-0.15, -0.1) is 0 Å². The SMILES string of the molecule is Cc1cc2c(NC(=O)NC3CCNCC3)cccc2n1CC(F)(F)F. The zero-order valence-electron chi connectivity index (χ0n) is 13.9. The van der Waals surface area contributed by atoms with Gasteiger partial charge in [-0.05, 0) is 51.1 Å². The van der Waals surface area contributed by atoms with Gasteiger partial charge in [0.25, 0.3) is 0 Å². The van der Waals surface area contributed by atoms with E-state index in [1.54, 1.807) is 31.2 Å². The zero-order chi connectivity index (χ0) is 18.0. The van der Waals surface area contributed by atoms with Crippen molar-refractivity contribution in [2.75, 3.05) is 18.4 Å². The van der Waals surface area contributed by atoms with Gasteiger partial charge < -0.3 is 20.5 Å². The van der Waals surface area contributed by atoms with Crippen LogP contribution in [0.25, 0.3) is 10.9 Å². The predicted octanol–water partition coefficient (Wildman–Crippen LogP) is 3.39. The van der Waals surface area contributed by atoms with Crippen molar-refractivity contribution in [1.82, 2.24) is 15.2 Å². The molecule has 0 spiro atoms. The maximum Gasteiger partial charge on any atom is 0.406 e. The third-order valence-electron chi connectivity index (χ3n) is 4.41. The average Bonchev–Trinajstić information content (AvgIpc) is 2.84. The van der Waals surface area contributed by atoms with E-state index in [1.807, 2.05) is 0 Å². The molecule has 1 aliphatic heterocycles. The highest BCUT2D eigenvalue weighted by atomic mass is 19.4. The molecule has 2 aromatic rings. The molecule has 0 aliphatic carbocycles. The lowest BCUT2D eigenvalue weighted by atomic mass is 10.1. The fourth-order valence-corrected chi connectivity index (χ4v) is 3.23. The van der Waals surface area contributed by atoms with Crippen molar-refractivity contribution in [3.63, 3.8) is 0 Å². The number of nitrogens with one attached hydrogen (secondary N) is 3. The van der Waals surface area contributed by atoms with Gasteiger partial charge in [-0.1, -0.05) is 6.07 Å². The highest BCUT2D eigenvalue weighted by molar-refractivity contribution is 6.01. The summed E-state index contributed by atoms with van der Waals surface area (Å²) in [6.45, 7) is 2.30. The third-order valence-corrected chi connectivity index (χ3v) is 4.41. The predicted molar refractivity (Wildman–Crippen MR) is 90.8 cm³/mol. The first-order valence-corrected chi connectivity index (χ1v) is 8.27. The van der Waals surface area contributed by atoms with Crippen LogP contribution in [0.2, 0.25) is 0 Å². The van der Waals surface area contributed by atoms with Gasteiger partial charge in [0.2, 0.25) is 0 Å². The topological polar surface area (TPSA) is 58.1 Å². The van der Waals surface area contributed by atoms with Crippen molar-refractivity contribution in [2.45, 2.75) is 38.5 Å². The molecule has 0 atom stereocenters. The number of carbonyl (C=O) groups excluding carboxylic acids is 1. The number of aryl methyl sites for hydroxylation is 1. The molecule has 1 aromatic heterocycles. The standard InChI is InChI=1S/C17H21F3N4O/c1-11-9-13-14(23-16(25)22-12-5-7-21-8-6-12)3-2-4-15(13)24(11)10-17(18,19)20/h2-4,9,12,21H,5-8,10H2,1H3,(H2,22,23,25). The van der Waals surface area contributed by atoms with Crippen molar-refractivity contribution >= 4 is 22.6 Å². The van der Waals surface area contributed by atoms with Crippen LogP contribution >= 0.6 is 0 Å². The Morgan fingerprint density at radius 1 is 1.32 bits per heavy atom. The minimum absolute atomic E-state index is 0.108. The van der Waals surface area contributed by atoms with Crippen LogP contribution in [0.15, 0.2) is 24.3 Å². The molecule has 0 bridgehead atoms. The number of rotatable bonds is 3. The van der Waals surface area contributed by atoms with Gasteiger partial charge in [0, 0.05) is 17.1 Å². The number of hydrogen-bond acceptors (Lipinski definition) is 2. The molecule has 0 unspecified atom stereocenters. The number of anilines is 1. The number of hydrogen-bond donors (Lipinski definition) is 3. The number of halogens is 3. The number of fused-ring (bicyclic) bond motifs is 1. The normalized spacial score (nSPS) is 16.2. The quantitative estimate of drug-likeness (QED) is 0.791. The fourth-order valence-electron chi connectivity index (χ4n) is 3.23. The molecule has 1 saturated heterocycles. The Bertz CT molecular complexity index is 763. The van der Waals surface area contributed by atoms with Crippen LogP contribution in [0.5, 0.6) is 0 Å². The Morgan fingerprint density at radius 2 is 2.04 bits per heavy atom. The molecule has 3 rings (SSSR count). The molecule has 1 aromatic carbocycles. The van der Waals surface area contributed by atoms with E-state index in [9.17, 15) is 18.0 Å². The number of aromatic nitrogens is 1. The summed E-state index contributed by atoms with van der Waals surface area (Å²) in [5.41, 5.74) is 1.46. The smallest absolute Gasteiger partial charge is 0.336 e. The number of amides is 2. The highest BCUT2D eigenvalue weighted by Crippen LogP contribution is 2.29. The van der Waals surface area contributed by atoms with Crippen molar-refractivity contribution in [3.8, 4) is 0 Å². The second-order valence-electron chi connectivity index (χ2n) is 6.35. The van der Waals surface area contributed by atoms with Crippen molar-refractivity contribution in [2.24, 2.45) is 0 Å². The summed E-state index contributed by atoms with van der Waals surface area (Å²) in [6.07, 6.45) is -2.58. The monoisotopic (exact) mass is 354 g/mol. The number of alkyl halides is 3. The Balaban J connectivity index is 1.80. The van der Waals surface area contributed by atoms with Gasteiger partial charge in [0.15, 0.2) is 0 Å². The fraction of sp³-hybridized carbons (Fsp3) is 0.471. The maximum absolute atomic E-state index is 12.8. The number of benzene rings is 1. The first kappa shape index (κ1) is 17.6. The van der Waals surface area contributed by atoms with E-state index in [0.29, 0.717) is 22.3 Å². The lowest BCUT2D eigenvalue weighted by molar-refractivity contribution is -0.140. The Labute approximate surface area is 143 Å². The summed E-state index contributed by atoms with van der Waals surface area (Å²) in [5, 5.41) is 9.51. The van der Waals surface area contributed by atoms with E-state index in [0.717, 1.165) is 25.9 Å². The molecule has 2 heterocycles. The van der Waals surface area contributed by atoms with E-state index in [2.05, 4.69) is 16.0 Å². The summed E-state index contributed by atoms with van der Waals surface area (Å²) in [5.74, 6) is 0. The third kappa shape index (κ3) is 4.25. The highest BCUT2D eigenvalue weighted by Gasteiger charge is 2.29. The molecule has 8 heteroatoms. The van der Waals surface area contributed by atoms with Gasteiger partial charge in [0.1, 0.15) is 6.54 Å². The molecule has 0 radical (unpaired) electrons. The van der Waals surface area contributed by atoms with Crippen LogP contribution < -0.4 is 16.0 Å². The molecular formula is C17H21F3N4O. The summed E-state index contributed by atoms with van der Waals surface area (Å²) in [4.78, 5) is 12.2. The molecule has 2 amide bonds. The largest absolute Gasteiger partial charge is 0.406 e. The van der Waals surface area contributed by atoms with Crippen LogP contribution in [0.3, 0.4) is 0 Å².